The van der Waals surface area contributed by atoms with E-state index in [1.165, 1.54) is 11.1 Å². The first kappa shape index (κ1) is 23.3. The zero-order valence-corrected chi connectivity index (χ0v) is 19.7. The molecule has 2 saturated heterocycles. The van der Waals surface area contributed by atoms with Crippen LogP contribution in [-0.2, 0) is 20.6 Å². The van der Waals surface area contributed by atoms with Crippen molar-refractivity contribution in [1.29, 1.82) is 0 Å². The fourth-order valence-corrected chi connectivity index (χ4v) is 3.99. The van der Waals surface area contributed by atoms with Crippen molar-refractivity contribution in [2.45, 2.75) is 18.6 Å². The molecule has 4 aromatic rings. The second kappa shape index (κ2) is 11.3. The Morgan fingerprint density at radius 2 is 1.23 bits per heavy atom. The van der Waals surface area contributed by atoms with Gasteiger partial charge in [-0.1, -0.05) is 97.1 Å². The van der Waals surface area contributed by atoms with E-state index in [0.29, 0.717) is 18.0 Å². The highest BCUT2D eigenvalue weighted by Crippen LogP contribution is 2.37. The normalized spacial score (nSPS) is 17.8. The zero-order chi connectivity index (χ0) is 23.9. The van der Waals surface area contributed by atoms with E-state index >= 15 is 0 Å². The summed E-state index contributed by atoms with van der Waals surface area (Å²) in [6.07, 6.45) is 1.68. The highest BCUT2D eigenvalue weighted by atomic mass is 16.6. The first-order valence-corrected chi connectivity index (χ1v) is 12.1. The molecule has 35 heavy (non-hydrogen) atoms. The minimum Gasteiger partial charge on any atom is -0.507 e. The van der Waals surface area contributed by atoms with Crippen LogP contribution < -0.4 is 0 Å². The Morgan fingerprint density at radius 1 is 0.629 bits per heavy atom. The van der Waals surface area contributed by atoms with Crippen LogP contribution in [0.25, 0.3) is 22.3 Å². The molecule has 4 aromatic carbocycles. The maximum atomic E-state index is 10.3. The van der Waals surface area contributed by atoms with E-state index < -0.39 is 0 Å². The number of hydrogen-bond donors (Lipinski definition) is 1. The van der Waals surface area contributed by atoms with Crippen LogP contribution in [0, 0.1) is 0 Å². The van der Waals surface area contributed by atoms with Gasteiger partial charge in [-0.2, -0.15) is 0 Å². The van der Waals surface area contributed by atoms with E-state index in [1.807, 2.05) is 42.5 Å². The summed E-state index contributed by atoms with van der Waals surface area (Å²) in [5.41, 5.74) is 6.75. The monoisotopic (exact) mass is 466 g/mol. The summed E-state index contributed by atoms with van der Waals surface area (Å²) in [7, 11) is 0. The van der Waals surface area contributed by atoms with Gasteiger partial charge in [-0.05, 0) is 40.3 Å². The van der Waals surface area contributed by atoms with Crippen molar-refractivity contribution in [1.82, 2.24) is 0 Å². The van der Waals surface area contributed by atoms with Crippen LogP contribution in [0.4, 0.5) is 0 Å². The number of aromatic hydroxyl groups is 1. The number of para-hydroxylation sites is 1. The van der Waals surface area contributed by atoms with Crippen LogP contribution >= 0.6 is 0 Å². The van der Waals surface area contributed by atoms with Crippen LogP contribution in [-0.4, -0.2) is 43.7 Å². The van der Waals surface area contributed by atoms with Crippen molar-refractivity contribution in [3.05, 3.63) is 114 Å². The lowest BCUT2D eigenvalue weighted by atomic mass is 9.91. The molecule has 2 atom stereocenters. The van der Waals surface area contributed by atoms with E-state index in [4.69, 9.17) is 14.2 Å². The van der Waals surface area contributed by atoms with Gasteiger partial charge in [-0.25, -0.2) is 0 Å². The fourth-order valence-electron chi connectivity index (χ4n) is 3.99. The highest BCUT2D eigenvalue weighted by molar-refractivity contribution is 5.86. The molecule has 2 unspecified atom stereocenters. The number of phenolic OH excluding ortho intramolecular Hbond substituents is 1. The Bertz CT molecular complexity index is 1200. The molecule has 0 bridgehead atoms. The van der Waals surface area contributed by atoms with Crippen LogP contribution in [0.5, 0.6) is 5.75 Å². The lowest BCUT2D eigenvalue weighted by molar-refractivity contribution is 0.102. The standard InChI is InChI=1S/C25H20O.C6H10O3/c26-25-14-8-7-13-23(25)22-16-15-20(17-19-9-3-1-4-10-19)18-24(22)21-11-5-2-6-12-21;1(5-3-8-5)7-2-6-4-9-6/h1-16,18,26H,17H2;5-6H,1-4H2. The third kappa shape index (κ3) is 6.80. The molecule has 178 valence electrons. The predicted octanol–water partition coefficient (Wildman–Crippen LogP) is 6.12. The predicted molar refractivity (Wildman–Crippen MR) is 139 cm³/mol. The molecule has 2 heterocycles. The molecular formula is C31H30O4. The maximum Gasteiger partial charge on any atom is 0.123 e. The van der Waals surface area contributed by atoms with Gasteiger partial charge in [0.25, 0.3) is 0 Å². The van der Waals surface area contributed by atoms with E-state index in [0.717, 1.165) is 55.1 Å². The summed E-state index contributed by atoms with van der Waals surface area (Å²) in [5.74, 6) is 0.306. The van der Waals surface area contributed by atoms with Gasteiger partial charge in [-0.15, -0.1) is 0 Å². The fraction of sp³-hybridized carbons (Fsp3) is 0.226. The lowest BCUT2D eigenvalue weighted by Crippen LogP contribution is -2.06. The number of ether oxygens (including phenoxy) is 3. The Balaban J connectivity index is 0.000000234. The minimum absolute atomic E-state index is 0.306. The molecule has 0 spiro atoms. The Hall–Kier alpha value is -3.44. The Labute approximate surface area is 206 Å². The van der Waals surface area contributed by atoms with Gasteiger partial charge in [0.15, 0.2) is 0 Å². The Kier molecular flexibility index (Phi) is 7.54. The first-order chi connectivity index (χ1) is 17.3. The van der Waals surface area contributed by atoms with Crippen molar-refractivity contribution in [3.8, 4) is 28.0 Å². The van der Waals surface area contributed by atoms with Crippen molar-refractivity contribution >= 4 is 0 Å². The third-order valence-corrected chi connectivity index (χ3v) is 6.03. The first-order valence-electron chi connectivity index (χ1n) is 12.1. The number of epoxide rings is 2. The SMILES string of the molecule is C(OCC1CO1)C1CO1.Oc1ccccc1-c1ccc(Cc2ccccc2)cc1-c1ccccc1. The molecule has 2 aliphatic heterocycles. The van der Waals surface area contributed by atoms with Crippen molar-refractivity contribution in [2.24, 2.45) is 0 Å². The molecular weight excluding hydrogens is 436 g/mol. The van der Waals surface area contributed by atoms with Gasteiger partial charge >= 0.3 is 0 Å². The van der Waals surface area contributed by atoms with Gasteiger partial charge in [0.05, 0.1) is 26.4 Å². The van der Waals surface area contributed by atoms with E-state index in [1.54, 1.807) is 6.07 Å². The molecule has 4 heteroatoms. The number of benzene rings is 4. The van der Waals surface area contributed by atoms with Gasteiger partial charge < -0.3 is 19.3 Å². The topological polar surface area (TPSA) is 54.5 Å². The second-order valence-corrected chi connectivity index (χ2v) is 8.87. The molecule has 0 amide bonds. The van der Waals surface area contributed by atoms with Crippen LogP contribution in [0.2, 0.25) is 0 Å². The number of phenols is 1. The number of hydrogen-bond acceptors (Lipinski definition) is 4. The van der Waals surface area contributed by atoms with Crippen LogP contribution in [0.3, 0.4) is 0 Å². The van der Waals surface area contributed by atoms with Crippen LogP contribution in [0.15, 0.2) is 103 Å². The van der Waals surface area contributed by atoms with Gasteiger partial charge in [0, 0.05) is 5.56 Å². The largest absolute Gasteiger partial charge is 0.507 e. The van der Waals surface area contributed by atoms with Crippen molar-refractivity contribution < 1.29 is 19.3 Å². The minimum atomic E-state index is 0.306. The summed E-state index contributed by atoms with van der Waals surface area (Å²) in [5, 5.41) is 10.3. The average molecular weight is 467 g/mol. The summed E-state index contributed by atoms with van der Waals surface area (Å²) >= 11 is 0. The molecule has 2 aliphatic rings. The van der Waals surface area contributed by atoms with E-state index in [2.05, 4.69) is 54.6 Å². The van der Waals surface area contributed by atoms with Gasteiger partial charge in [-0.3, -0.25) is 0 Å². The van der Waals surface area contributed by atoms with Gasteiger partial charge in [0.2, 0.25) is 0 Å². The van der Waals surface area contributed by atoms with Crippen molar-refractivity contribution in [3.63, 3.8) is 0 Å². The number of rotatable bonds is 8. The quantitative estimate of drug-likeness (QED) is 0.318. The molecule has 6 rings (SSSR count). The molecule has 0 saturated carbocycles. The van der Waals surface area contributed by atoms with Gasteiger partial charge in [0.1, 0.15) is 18.0 Å². The lowest BCUT2D eigenvalue weighted by Gasteiger charge is -2.14. The maximum absolute atomic E-state index is 10.3. The highest BCUT2D eigenvalue weighted by Gasteiger charge is 2.26. The average Bonchev–Trinajstić information content (AvgIpc) is 3.83. The molecule has 2 fully saturated rings. The third-order valence-electron chi connectivity index (χ3n) is 6.03. The summed E-state index contributed by atoms with van der Waals surface area (Å²) in [6, 6.07) is 34.9. The molecule has 0 radical (unpaired) electrons. The molecule has 0 aromatic heterocycles. The Morgan fingerprint density at radius 3 is 1.86 bits per heavy atom. The molecule has 0 aliphatic carbocycles. The molecule has 1 N–H and O–H groups in total. The summed E-state index contributed by atoms with van der Waals surface area (Å²) < 4.78 is 15.1. The zero-order valence-electron chi connectivity index (χ0n) is 19.7. The molecule has 4 nitrogen and oxygen atoms in total. The summed E-state index contributed by atoms with van der Waals surface area (Å²) in [6.45, 7) is 3.26. The van der Waals surface area contributed by atoms with Crippen LogP contribution in [0.1, 0.15) is 11.1 Å². The second-order valence-electron chi connectivity index (χ2n) is 8.87. The summed E-state index contributed by atoms with van der Waals surface area (Å²) in [4.78, 5) is 0. The van der Waals surface area contributed by atoms with E-state index in [9.17, 15) is 5.11 Å². The van der Waals surface area contributed by atoms with Crippen molar-refractivity contribution in [2.75, 3.05) is 26.4 Å². The smallest absolute Gasteiger partial charge is 0.123 e. The van der Waals surface area contributed by atoms with E-state index in [-0.39, 0.29) is 0 Å².